The lowest BCUT2D eigenvalue weighted by atomic mass is 10.1. The van der Waals surface area contributed by atoms with E-state index in [9.17, 15) is 0 Å². The monoisotopic (exact) mass is 548 g/mol. The molecule has 1 saturated heterocycles. The number of rotatable bonds is 7. The minimum atomic E-state index is 0. The summed E-state index contributed by atoms with van der Waals surface area (Å²) in [6.07, 6.45) is 4.26. The smallest absolute Gasteiger partial charge is 0.191 e. The second kappa shape index (κ2) is 11.8. The third kappa shape index (κ3) is 6.42. The van der Waals surface area contributed by atoms with Crippen LogP contribution in [0.15, 0.2) is 60.1 Å². The van der Waals surface area contributed by atoms with Gasteiger partial charge in [0.25, 0.3) is 0 Å². The van der Waals surface area contributed by atoms with Crippen LogP contribution in [0, 0.1) is 6.92 Å². The fourth-order valence-electron chi connectivity index (χ4n) is 3.40. The van der Waals surface area contributed by atoms with Gasteiger partial charge < -0.3 is 20.1 Å². The van der Waals surface area contributed by atoms with Crippen molar-refractivity contribution in [3.8, 4) is 11.4 Å². The Morgan fingerprint density at radius 2 is 2.00 bits per heavy atom. The number of aliphatic imine (C=N–C) groups is 1. The minimum Gasteiger partial charge on any atom is -0.488 e. The van der Waals surface area contributed by atoms with Crippen LogP contribution in [-0.2, 0) is 17.8 Å². The van der Waals surface area contributed by atoms with Crippen LogP contribution in [0.3, 0.4) is 0 Å². The van der Waals surface area contributed by atoms with Gasteiger partial charge in [-0.1, -0.05) is 24.3 Å². The first kappa shape index (κ1) is 24.0. The van der Waals surface area contributed by atoms with Gasteiger partial charge in [0.15, 0.2) is 5.96 Å². The molecule has 170 valence electrons. The van der Waals surface area contributed by atoms with Crippen LogP contribution < -0.4 is 15.4 Å². The van der Waals surface area contributed by atoms with Gasteiger partial charge in [0.1, 0.15) is 24.5 Å². The number of nitrogens with one attached hydrogen (secondary N) is 2. The summed E-state index contributed by atoms with van der Waals surface area (Å²) in [7, 11) is 1.77. The number of hydrogen-bond donors (Lipinski definition) is 2. The number of halogens is 1. The standard InChI is InChI=1S/C23H28N6O2.HI/c1-17-3-6-19(22(11-17)31-21-9-10-30-14-21)13-27-23(24-2)26-12-18-4-7-20(8-5-18)29-16-25-15-28-29;/h3-8,11,15-16,21H,9-10,12-14H2,1-2H3,(H2,24,26,27);1H. The second-order valence-corrected chi connectivity index (χ2v) is 7.50. The van der Waals surface area contributed by atoms with Crippen LogP contribution in [0.4, 0.5) is 0 Å². The molecule has 1 aromatic heterocycles. The van der Waals surface area contributed by atoms with Gasteiger partial charge in [0, 0.05) is 32.1 Å². The van der Waals surface area contributed by atoms with Gasteiger partial charge >= 0.3 is 0 Å². The highest BCUT2D eigenvalue weighted by Gasteiger charge is 2.18. The fraction of sp³-hybridized carbons (Fsp3) is 0.348. The summed E-state index contributed by atoms with van der Waals surface area (Å²) in [6, 6.07) is 14.4. The average Bonchev–Trinajstić information content (AvgIpc) is 3.50. The highest BCUT2D eigenvalue weighted by Crippen LogP contribution is 2.23. The molecule has 4 rings (SSSR count). The van der Waals surface area contributed by atoms with E-state index in [2.05, 4.69) is 63.0 Å². The Kier molecular flexibility index (Phi) is 8.86. The Hall–Kier alpha value is -2.66. The molecule has 1 fully saturated rings. The molecule has 0 bridgehead atoms. The molecular weight excluding hydrogens is 519 g/mol. The molecule has 0 spiro atoms. The molecule has 1 atom stereocenters. The predicted molar refractivity (Wildman–Crippen MR) is 135 cm³/mol. The lowest BCUT2D eigenvalue weighted by molar-refractivity contribution is 0.140. The lowest BCUT2D eigenvalue weighted by Gasteiger charge is -2.18. The Morgan fingerprint density at radius 1 is 1.19 bits per heavy atom. The summed E-state index contributed by atoms with van der Waals surface area (Å²) in [5.74, 6) is 1.64. The quantitative estimate of drug-likeness (QED) is 0.268. The molecule has 2 aromatic carbocycles. The maximum Gasteiger partial charge on any atom is 0.191 e. The molecule has 8 nitrogen and oxygen atoms in total. The Bertz CT molecular complexity index is 1000. The maximum absolute atomic E-state index is 6.19. The number of benzene rings is 2. The van der Waals surface area contributed by atoms with E-state index in [1.165, 1.54) is 11.9 Å². The Labute approximate surface area is 205 Å². The zero-order valence-electron chi connectivity index (χ0n) is 18.3. The van der Waals surface area contributed by atoms with E-state index in [0.29, 0.717) is 19.7 Å². The summed E-state index contributed by atoms with van der Waals surface area (Å²) >= 11 is 0. The number of aromatic nitrogens is 3. The zero-order chi connectivity index (χ0) is 21.5. The van der Waals surface area contributed by atoms with Crippen molar-refractivity contribution in [2.24, 2.45) is 4.99 Å². The summed E-state index contributed by atoms with van der Waals surface area (Å²) in [5.41, 5.74) is 4.39. The minimum absolute atomic E-state index is 0. The molecule has 0 amide bonds. The maximum atomic E-state index is 6.19. The molecule has 3 aromatic rings. The van der Waals surface area contributed by atoms with E-state index in [-0.39, 0.29) is 30.1 Å². The first-order chi connectivity index (χ1) is 15.2. The molecule has 9 heteroatoms. The van der Waals surface area contributed by atoms with Crippen LogP contribution in [0.25, 0.3) is 5.69 Å². The van der Waals surface area contributed by atoms with Gasteiger partial charge in [-0.05, 0) is 36.2 Å². The third-order valence-corrected chi connectivity index (χ3v) is 5.15. The SMILES string of the molecule is CN=C(NCc1ccc(-n2cncn2)cc1)NCc1ccc(C)cc1OC1CCOC1.I. The molecule has 1 aliphatic rings. The van der Waals surface area contributed by atoms with Crippen molar-refractivity contribution in [1.29, 1.82) is 0 Å². The first-order valence-electron chi connectivity index (χ1n) is 10.4. The predicted octanol–water partition coefficient (Wildman–Crippen LogP) is 3.23. The lowest BCUT2D eigenvalue weighted by Crippen LogP contribution is -2.36. The van der Waals surface area contributed by atoms with Crippen molar-refractivity contribution in [2.75, 3.05) is 20.3 Å². The van der Waals surface area contributed by atoms with Crippen LogP contribution >= 0.6 is 24.0 Å². The molecule has 0 radical (unpaired) electrons. The van der Waals surface area contributed by atoms with Crippen molar-refractivity contribution >= 4 is 29.9 Å². The summed E-state index contributed by atoms with van der Waals surface area (Å²) in [5, 5.41) is 10.9. The molecule has 1 unspecified atom stereocenters. The largest absolute Gasteiger partial charge is 0.488 e. The van der Waals surface area contributed by atoms with Crippen LogP contribution in [0.1, 0.15) is 23.1 Å². The van der Waals surface area contributed by atoms with Gasteiger partial charge in [-0.3, -0.25) is 4.99 Å². The average molecular weight is 548 g/mol. The van der Waals surface area contributed by atoms with E-state index in [4.69, 9.17) is 9.47 Å². The summed E-state index contributed by atoms with van der Waals surface area (Å²) in [4.78, 5) is 8.31. The third-order valence-electron chi connectivity index (χ3n) is 5.15. The Morgan fingerprint density at radius 3 is 2.69 bits per heavy atom. The molecule has 0 saturated carbocycles. The van der Waals surface area contributed by atoms with Gasteiger partial charge in [-0.15, -0.1) is 24.0 Å². The van der Waals surface area contributed by atoms with Crippen molar-refractivity contribution < 1.29 is 9.47 Å². The van der Waals surface area contributed by atoms with Crippen molar-refractivity contribution in [3.05, 3.63) is 71.8 Å². The Balaban J connectivity index is 0.00000289. The first-order valence-corrected chi connectivity index (χ1v) is 10.4. The van der Waals surface area contributed by atoms with E-state index >= 15 is 0 Å². The highest BCUT2D eigenvalue weighted by atomic mass is 127. The van der Waals surface area contributed by atoms with E-state index in [0.717, 1.165) is 41.6 Å². The fourth-order valence-corrected chi connectivity index (χ4v) is 3.40. The van der Waals surface area contributed by atoms with E-state index in [1.807, 2.05) is 12.1 Å². The van der Waals surface area contributed by atoms with E-state index in [1.54, 1.807) is 18.1 Å². The molecule has 2 heterocycles. The normalized spacial score (nSPS) is 15.8. The topological polar surface area (TPSA) is 85.6 Å². The molecule has 32 heavy (non-hydrogen) atoms. The number of aryl methyl sites for hydroxylation is 1. The summed E-state index contributed by atoms with van der Waals surface area (Å²) in [6.45, 7) is 4.77. The molecule has 2 N–H and O–H groups in total. The van der Waals surface area contributed by atoms with Crippen LogP contribution in [-0.4, -0.2) is 47.1 Å². The van der Waals surface area contributed by atoms with Gasteiger partial charge in [-0.25, -0.2) is 9.67 Å². The highest BCUT2D eigenvalue weighted by molar-refractivity contribution is 14.0. The number of guanidine groups is 1. The molecule has 1 aliphatic heterocycles. The van der Waals surface area contributed by atoms with Gasteiger partial charge in [0.2, 0.25) is 0 Å². The second-order valence-electron chi connectivity index (χ2n) is 7.50. The van der Waals surface area contributed by atoms with Crippen molar-refractivity contribution in [3.63, 3.8) is 0 Å². The number of hydrogen-bond acceptors (Lipinski definition) is 5. The number of ether oxygens (including phenoxy) is 2. The van der Waals surface area contributed by atoms with E-state index < -0.39 is 0 Å². The van der Waals surface area contributed by atoms with Gasteiger partial charge in [-0.2, -0.15) is 5.10 Å². The van der Waals surface area contributed by atoms with Crippen LogP contribution in [0.5, 0.6) is 5.75 Å². The number of nitrogens with zero attached hydrogens (tertiary/aromatic N) is 4. The van der Waals surface area contributed by atoms with Crippen LogP contribution in [0.2, 0.25) is 0 Å². The molecular formula is C23H29IN6O2. The van der Waals surface area contributed by atoms with Gasteiger partial charge in [0.05, 0.1) is 18.9 Å². The van der Waals surface area contributed by atoms with Crippen molar-refractivity contribution in [2.45, 2.75) is 32.5 Å². The summed E-state index contributed by atoms with van der Waals surface area (Å²) < 4.78 is 13.4. The zero-order valence-corrected chi connectivity index (χ0v) is 20.7. The molecule has 0 aliphatic carbocycles. The van der Waals surface area contributed by atoms with Crippen molar-refractivity contribution in [1.82, 2.24) is 25.4 Å².